The van der Waals surface area contributed by atoms with Crippen molar-refractivity contribution in [3.05, 3.63) is 72.8 Å². The first kappa shape index (κ1) is 13.1. The van der Waals surface area contributed by atoms with Crippen LogP contribution in [-0.4, -0.2) is 0 Å². The summed E-state index contributed by atoms with van der Waals surface area (Å²) in [7, 11) is 0. The van der Waals surface area contributed by atoms with E-state index in [9.17, 15) is 0 Å². The molecule has 3 aromatic carbocycles. The van der Waals surface area contributed by atoms with Crippen LogP contribution >= 0.6 is 0 Å². The summed E-state index contributed by atoms with van der Waals surface area (Å²) in [5.74, 6) is 0. The SMILES string of the molecule is Nc1ccccc1-c1[c]([Pd])cccc1-c1ccccc1. The average Bonchev–Trinajstić information content (AvgIpc) is 2.49. The Morgan fingerprint density at radius 2 is 1.30 bits per heavy atom. The second-order valence-electron chi connectivity index (χ2n) is 4.58. The average molecular weight is 351 g/mol. The Morgan fingerprint density at radius 3 is 2.05 bits per heavy atom. The van der Waals surface area contributed by atoms with Crippen molar-refractivity contribution in [3.8, 4) is 22.3 Å². The molecule has 0 amide bonds. The number of nitrogens with two attached hydrogens (primary N) is 1. The Hall–Kier alpha value is -1.88. The molecular formula is C18H14NPd. The molecule has 2 N–H and O–H groups in total. The van der Waals surface area contributed by atoms with E-state index in [0.717, 1.165) is 20.9 Å². The van der Waals surface area contributed by atoms with E-state index in [0.29, 0.717) is 0 Å². The third-order valence-corrected chi connectivity index (χ3v) is 3.95. The molecule has 0 spiro atoms. The van der Waals surface area contributed by atoms with Crippen LogP contribution in [0.5, 0.6) is 0 Å². The van der Waals surface area contributed by atoms with Gasteiger partial charge in [-0.15, -0.1) is 0 Å². The van der Waals surface area contributed by atoms with Crippen molar-refractivity contribution < 1.29 is 19.2 Å². The molecule has 0 radical (unpaired) electrons. The van der Waals surface area contributed by atoms with E-state index in [-0.39, 0.29) is 0 Å². The molecule has 0 heterocycles. The number of anilines is 1. The van der Waals surface area contributed by atoms with Crippen LogP contribution in [0.3, 0.4) is 0 Å². The van der Waals surface area contributed by atoms with E-state index in [1.807, 2.05) is 24.3 Å². The van der Waals surface area contributed by atoms with E-state index in [1.165, 1.54) is 11.1 Å². The van der Waals surface area contributed by atoms with Crippen molar-refractivity contribution >= 4 is 9.72 Å². The van der Waals surface area contributed by atoms with Gasteiger partial charge in [0.2, 0.25) is 0 Å². The molecule has 101 valence electrons. The molecule has 2 heteroatoms. The van der Waals surface area contributed by atoms with Gasteiger partial charge < -0.3 is 0 Å². The van der Waals surface area contributed by atoms with Crippen LogP contribution < -0.4 is 9.77 Å². The van der Waals surface area contributed by atoms with Gasteiger partial charge in [0.05, 0.1) is 0 Å². The molecule has 0 unspecified atom stereocenters. The molecule has 0 aliphatic carbocycles. The van der Waals surface area contributed by atoms with Crippen LogP contribution in [0.1, 0.15) is 0 Å². The number of para-hydroxylation sites is 1. The fourth-order valence-corrected chi connectivity index (χ4v) is 2.93. The van der Waals surface area contributed by atoms with Crippen LogP contribution in [0, 0.1) is 0 Å². The third kappa shape index (κ3) is 2.41. The second-order valence-corrected chi connectivity index (χ2v) is 5.42. The molecule has 0 fully saturated rings. The van der Waals surface area contributed by atoms with Crippen molar-refractivity contribution in [2.24, 2.45) is 0 Å². The number of rotatable bonds is 2. The number of benzene rings is 3. The van der Waals surface area contributed by atoms with Gasteiger partial charge in [-0.25, -0.2) is 0 Å². The summed E-state index contributed by atoms with van der Waals surface area (Å²) in [5, 5.41) is 0. The van der Waals surface area contributed by atoms with Crippen molar-refractivity contribution in [1.82, 2.24) is 0 Å². The minimum atomic E-state index is 0.795. The molecule has 3 rings (SSSR count). The topological polar surface area (TPSA) is 26.0 Å². The van der Waals surface area contributed by atoms with Crippen LogP contribution in [0.15, 0.2) is 72.8 Å². The van der Waals surface area contributed by atoms with Gasteiger partial charge in [0, 0.05) is 0 Å². The van der Waals surface area contributed by atoms with Crippen molar-refractivity contribution in [2.45, 2.75) is 0 Å². The molecule has 0 aliphatic rings. The van der Waals surface area contributed by atoms with E-state index in [1.54, 1.807) is 0 Å². The fraction of sp³-hybridized carbons (Fsp3) is 0. The summed E-state index contributed by atoms with van der Waals surface area (Å²) in [6, 6.07) is 24.6. The zero-order valence-corrected chi connectivity index (χ0v) is 12.4. The Balaban J connectivity index is 2.29. The van der Waals surface area contributed by atoms with Gasteiger partial charge in [0.1, 0.15) is 0 Å². The van der Waals surface area contributed by atoms with E-state index in [2.05, 4.69) is 67.7 Å². The first-order chi connectivity index (χ1) is 9.77. The summed E-state index contributed by atoms with van der Waals surface area (Å²) < 4.78 is 1.09. The van der Waals surface area contributed by atoms with Crippen LogP contribution in [0.25, 0.3) is 22.3 Å². The minimum absolute atomic E-state index is 0.795. The zero-order valence-electron chi connectivity index (χ0n) is 10.8. The monoisotopic (exact) mass is 350 g/mol. The molecule has 0 saturated heterocycles. The van der Waals surface area contributed by atoms with Crippen LogP contribution in [-0.2, 0) is 19.2 Å². The van der Waals surface area contributed by atoms with Gasteiger partial charge in [-0.05, 0) is 0 Å². The van der Waals surface area contributed by atoms with E-state index in [4.69, 9.17) is 5.73 Å². The van der Waals surface area contributed by atoms with Gasteiger partial charge in [0.25, 0.3) is 0 Å². The summed E-state index contributed by atoms with van der Waals surface area (Å²) >= 11 is 3.35. The maximum absolute atomic E-state index is 6.15. The first-order valence-corrected chi connectivity index (χ1v) is 7.21. The van der Waals surface area contributed by atoms with Gasteiger partial charge in [-0.2, -0.15) is 0 Å². The molecule has 20 heavy (non-hydrogen) atoms. The van der Waals surface area contributed by atoms with Crippen molar-refractivity contribution in [3.63, 3.8) is 0 Å². The summed E-state index contributed by atoms with van der Waals surface area (Å²) in [5.41, 5.74) is 11.5. The molecule has 1 nitrogen and oxygen atoms in total. The predicted molar refractivity (Wildman–Crippen MR) is 81.4 cm³/mol. The molecule has 0 aromatic heterocycles. The quantitative estimate of drug-likeness (QED) is 0.552. The van der Waals surface area contributed by atoms with Crippen molar-refractivity contribution in [1.29, 1.82) is 0 Å². The van der Waals surface area contributed by atoms with Gasteiger partial charge in [-0.1, -0.05) is 0 Å². The summed E-state index contributed by atoms with van der Waals surface area (Å²) in [6.45, 7) is 0. The normalized spacial score (nSPS) is 10.5. The second kappa shape index (κ2) is 5.63. The predicted octanol–water partition coefficient (Wildman–Crippen LogP) is 3.77. The third-order valence-electron chi connectivity index (χ3n) is 3.30. The Labute approximate surface area is 129 Å². The standard InChI is InChI=1S/C18H14N.Pd/c19-18-13-7-6-12-17(18)16-11-5-4-10-15(16)14-8-2-1-3-9-14;/h1-10,12-13H,19H2;. The number of hydrogen-bond donors (Lipinski definition) is 1. The molecule has 3 aromatic rings. The maximum atomic E-state index is 6.15. The van der Waals surface area contributed by atoms with Crippen molar-refractivity contribution in [2.75, 3.05) is 5.73 Å². The Kier molecular flexibility index (Phi) is 3.69. The molecule has 0 aliphatic heterocycles. The fourth-order valence-electron chi connectivity index (χ4n) is 2.36. The van der Waals surface area contributed by atoms with Gasteiger partial charge in [0.15, 0.2) is 0 Å². The first-order valence-electron chi connectivity index (χ1n) is 6.43. The molecular weight excluding hydrogens is 337 g/mol. The Bertz CT molecular complexity index is 735. The Morgan fingerprint density at radius 1 is 0.650 bits per heavy atom. The van der Waals surface area contributed by atoms with E-state index < -0.39 is 0 Å². The zero-order chi connectivity index (χ0) is 13.9. The van der Waals surface area contributed by atoms with Crippen LogP contribution in [0.2, 0.25) is 0 Å². The molecule has 0 bridgehead atoms. The molecule has 0 saturated carbocycles. The summed E-state index contributed by atoms with van der Waals surface area (Å²) in [6.07, 6.45) is 0. The van der Waals surface area contributed by atoms with Gasteiger partial charge >= 0.3 is 130 Å². The number of nitrogen functional groups attached to an aromatic ring is 1. The number of hydrogen-bond acceptors (Lipinski definition) is 1. The summed E-state index contributed by atoms with van der Waals surface area (Å²) in [4.78, 5) is 0. The van der Waals surface area contributed by atoms with Gasteiger partial charge in [-0.3, -0.25) is 0 Å². The van der Waals surface area contributed by atoms with Crippen LogP contribution in [0.4, 0.5) is 5.69 Å². The van der Waals surface area contributed by atoms with E-state index >= 15 is 0 Å². The molecule has 0 atom stereocenters.